The van der Waals surface area contributed by atoms with Gasteiger partial charge in [0.25, 0.3) is 0 Å². The molecule has 0 aliphatic heterocycles. The molecule has 34 heavy (non-hydrogen) atoms. The number of amides is 1. The number of anilines is 2. The van der Waals surface area contributed by atoms with E-state index < -0.39 is 5.97 Å². The molecule has 0 bridgehead atoms. The molecule has 186 valence electrons. The highest BCUT2D eigenvalue weighted by Crippen LogP contribution is 2.35. The van der Waals surface area contributed by atoms with Crippen molar-refractivity contribution in [3.05, 3.63) is 54.1 Å². The van der Waals surface area contributed by atoms with Gasteiger partial charge in [-0.2, -0.15) is 0 Å². The summed E-state index contributed by atoms with van der Waals surface area (Å²) in [6.45, 7) is 2.43. The maximum Gasteiger partial charge on any atom is 0.330 e. The number of hydrogen-bond donors (Lipinski definition) is 2. The maximum absolute atomic E-state index is 12.6. The lowest BCUT2D eigenvalue weighted by molar-refractivity contribution is -0.137. The van der Waals surface area contributed by atoms with E-state index in [1.165, 1.54) is 26.4 Å². The number of carbonyl (C=O) groups excluding carboxylic acids is 2. The fraction of sp³-hybridized carbons (Fsp3) is 0.280. The van der Waals surface area contributed by atoms with Crippen LogP contribution < -0.4 is 29.6 Å². The molecule has 2 aromatic carbocycles. The third-order valence-corrected chi connectivity index (χ3v) is 4.57. The molecule has 0 aromatic heterocycles. The van der Waals surface area contributed by atoms with Crippen LogP contribution in [-0.4, -0.2) is 53.5 Å². The van der Waals surface area contributed by atoms with Gasteiger partial charge in [-0.25, -0.2) is 4.79 Å². The molecule has 9 heteroatoms. The van der Waals surface area contributed by atoms with Crippen molar-refractivity contribution in [2.24, 2.45) is 0 Å². The van der Waals surface area contributed by atoms with Gasteiger partial charge < -0.3 is 34.3 Å². The Hall–Kier alpha value is -4.14. The summed E-state index contributed by atoms with van der Waals surface area (Å²) in [4.78, 5) is 23.9. The molecule has 0 saturated heterocycles. The van der Waals surface area contributed by atoms with Crippen LogP contribution in [0.25, 0.3) is 6.08 Å². The van der Waals surface area contributed by atoms with E-state index in [2.05, 4.69) is 10.6 Å². The van der Waals surface area contributed by atoms with Gasteiger partial charge in [0.15, 0.2) is 0 Å². The van der Waals surface area contributed by atoms with Gasteiger partial charge in [0.05, 0.1) is 46.3 Å². The Morgan fingerprint density at radius 2 is 1.59 bits per heavy atom. The average Bonchev–Trinajstić information content (AvgIpc) is 2.85. The van der Waals surface area contributed by atoms with Crippen molar-refractivity contribution in [2.75, 3.05) is 52.2 Å². The number of carbonyl (C=O) groups is 2. The minimum Gasteiger partial charge on any atom is -0.496 e. The summed E-state index contributed by atoms with van der Waals surface area (Å²) in [5, 5.41) is 5.95. The van der Waals surface area contributed by atoms with Crippen LogP contribution in [-0.2, 0) is 14.3 Å². The van der Waals surface area contributed by atoms with Crippen molar-refractivity contribution >= 4 is 29.3 Å². The first-order chi connectivity index (χ1) is 16.4. The SMILES string of the molecule is CCOC(=O)/C=C/CNc1cc(NC(=O)/C=C/c2c(OC)cc(OC)cc2OC)ccc1OC.[HH].[HH]. The van der Waals surface area contributed by atoms with Gasteiger partial charge in [-0.1, -0.05) is 6.08 Å². The largest absolute Gasteiger partial charge is 0.496 e. The van der Waals surface area contributed by atoms with Crippen molar-refractivity contribution in [2.45, 2.75) is 6.92 Å². The second-order valence-electron chi connectivity index (χ2n) is 6.72. The molecular weight excluding hydrogens is 440 g/mol. The molecule has 0 unspecified atom stereocenters. The standard InChI is InChI=1S/C25H30N2O7.2H2/c1-6-34-25(29)8-7-13-26-20-14-17(9-11-21(20)31-3)27-24(28)12-10-19-22(32-4)15-18(30-2)16-23(19)33-5;;/h7-12,14-16,26H,6,13H2,1-5H3,(H,27,28);2*1H/b8-7+,12-10+;;. The summed E-state index contributed by atoms with van der Waals surface area (Å²) in [6.07, 6.45) is 5.98. The minimum absolute atomic E-state index is 0. The Morgan fingerprint density at radius 3 is 2.18 bits per heavy atom. The second-order valence-corrected chi connectivity index (χ2v) is 6.72. The number of nitrogens with one attached hydrogen (secondary N) is 2. The Kier molecular flexibility index (Phi) is 10.3. The van der Waals surface area contributed by atoms with Gasteiger partial charge in [-0.05, 0) is 31.2 Å². The van der Waals surface area contributed by atoms with Crippen LogP contribution in [0.4, 0.5) is 11.4 Å². The number of esters is 1. The zero-order valence-corrected chi connectivity index (χ0v) is 20.0. The second kappa shape index (κ2) is 13.4. The van der Waals surface area contributed by atoms with Crippen LogP contribution in [0.3, 0.4) is 0 Å². The summed E-state index contributed by atoms with van der Waals surface area (Å²) in [5.74, 6) is 1.42. The fourth-order valence-electron chi connectivity index (χ4n) is 2.98. The number of benzene rings is 2. The first kappa shape index (κ1) is 26.1. The van der Waals surface area contributed by atoms with E-state index in [0.717, 1.165) is 0 Å². The van der Waals surface area contributed by atoms with Crippen molar-refractivity contribution < 1.29 is 36.1 Å². The van der Waals surface area contributed by atoms with Gasteiger partial charge in [0.1, 0.15) is 23.0 Å². The van der Waals surface area contributed by atoms with Crippen LogP contribution >= 0.6 is 0 Å². The van der Waals surface area contributed by atoms with E-state index in [1.54, 1.807) is 63.6 Å². The Bertz CT molecular complexity index is 1030. The van der Waals surface area contributed by atoms with Gasteiger partial charge in [-0.15, -0.1) is 0 Å². The summed E-state index contributed by atoms with van der Waals surface area (Å²) < 4.78 is 26.2. The molecule has 0 heterocycles. The molecule has 0 saturated carbocycles. The van der Waals surface area contributed by atoms with Crippen LogP contribution in [0.5, 0.6) is 23.0 Å². The molecule has 9 nitrogen and oxygen atoms in total. The highest BCUT2D eigenvalue weighted by Gasteiger charge is 2.12. The molecule has 0 aliphatic carbocycles. The third-order valence-electron chi connectivity index (χ3n) is 4.57. The molecule has 1 amide bonds. The number of hydrogen-bond acceptors (Lipinski definition) is 8. The lowest BCUT2D eigenvalue weighted by atomic mass is 10.1. The topological polar surface area (TPSA) is 104 Å². The monoisotopic (exact) mass is 474 g/mol. The molecule has 2 aromatic rings. The van der Waals surface area contributed by atoms with E-state index in [1.807, 2.05) is 0 Å². The zero-order chi connectivity index (χ0) is 24.9. The molecular formula is C25H34N2O7. The normalized spacial score (nSPS) is 10.7. The maximum atomic E-state index is 12.6. The van der Waals surface area contributed by atoms with E-state index in [0.29, 0.717) is 53.1 Å². The zero-order valence-electron chi connectivity index (χ0n) is 20.0. The van der Waals surface area contributed by atoms with Crippen LogP contribution in [0, 0.1) is 0 Å². The molecule has 0 radical (unpaired) electrons. The van der Waals surface area contributed by atoms with E-state index >= 15 is 0 Å². The minimum atomic E-state index is -0.408. The fourth-order valence-corrected chi connectivity index (χ4v) is 2.98. The van der Waals surface area contributed by atoms with Gasteiger partial charge in [0, 0.05) is 39.4 Å². The summed E-state index contributed by atoms with van der Waals surface area (Å²) in [7, 11) is 6.15. The number of methoxy groups -OCH3 is 4. The molecule has 2 N–H and O–H groups in total. The lowest BCUT2D eigenvalue weighted by Gasteiger charge is -2.13. The van der Waals surface area contributed by atoms with Crippen LogP contribution in [0.2, 0.25) is 0 Å². The first-order valence-electron chi connectivity index (χ1n) is 10.5. The van der Waals surface area contributed by atoms with Gasteiger partial charge >= 0.3 is 5.97 Å². The molecule has 0 aliphatic rings. The molecule has 2 rings (SSSR count). The Balaban J connectivity index is 0.00000612. The average molecular weight is 475 g/mol. The quantitative estimate of drug-likeness (QED) is 0.345. The molecule has 0 atom stereocenters. The highest BCUT2D eigenvalue weighted by molar-refractivity contribution is 6.02. The first-order valence-corrected chi connectivity index (χ1v) is 10.5. The van der Waals surface area contributed by atoms with Crippen molar-refractivity contribution in [1.82, 2.24) is 0 Å². The summed E-state index contributed by atoms with van der Waals surface area (Å²) >= 11 is 0. The molecule has 0 spiro atoms. The number of ether oxygens (including phenoxy) is 5. The van der Waals surface area contributed by atoms with Crippen LogP contribution in [0.15, 0.2) is 48.6 Å². The van der Waals surface area contributed by atoms with E-state index in [-0.39, 0.29) is 8.76 Å². The van der Waals surface area contributed by atoms with Crippen molar-refractivity contribution in [3.63, 3.8) is 0 Å². The lowest BCUT2D eigenvalue weighted by Crippen LogP contribution is -2.09. The summed E-state index contributed by atoms with van der Waals surface area (Å²) in [5.41, 5.74) is 1.81. The van der Waals surface area contributed by atoms with E-state index in [4.69, 9.17) is 23.7 Å². The van der Waals surface area contributed by atoms with Gasteiger partial charge in [-0.3, -0.25) is 4.79 Å². The predicted molar refractivity (Wildman–Crippen MR) is 135 cm³/mol. The Morgan fingerprint density at radius 1 is 0.912 bits per heavy atom. The summed E-state index contributed by atoms with van der Waals surface area (Å²) in [6, 6.07) is 8.60. The van der Waals surface area contributed by atoms with Crippen LogP contribution in [0.1, 0.15) is 15.3 Å². The smallest absolute Gasteiger partial charge is 0.330 e. The van der Waals surface area contributed by atoms with Gasteiger partial charge in [0.2, 0.25) is 5.91 Å². The predicted octanol–water partition coefficient (Wildman–Crippen LogP) is 4.40. The third kappa shape index (κ3) is 7.47. The Labute approximate surface area is 202 Å². The molecule has 0 fully saturated rings. The number of rotatable bonds is 12. The van der Waals surface area contributed by atoms with E-state index in [9.17, 15) is 9.59 Å². The van der Waals surface area contributed by atoms with Crippen molar-refractivity contribution in [1.29, 1.82) is 0 Å². The highest BCUT2D eigenvalue weighted by atomic mass is 16.5. The van der Waals surface area contributed by atoms with Crippen molar-refractivity contribution in [3.8, 4) is 23.0 Å².